The fourth-order valence-electron chi connectivity index (χ4n) is 4.99. The summed E-state index contributed by atoms with van der Waals surface area (Å²) in [5.74, 6) is -4.01. The Morgan fingerprint density at radius 3 is 1.73 bits per heavy atom. The Hall–Kier alpha value is -7.17. The van der Waals surface area contributed by atoms with Gasteiger partial charge in [-0.1, -0.05) is 30.3 Å². The Labute approximate surface area is 294 Å². The van der Waals surface area contributed by atoms with Gasteiger partial charge in [0.05, 0.1) is 39.1 Å². The van der Waals surface area contributed by atoms with Crippen LogP contribution in [0.15, 0.2) is 152 Å². The van der Waals surface area contributed by atoms with Gasteiger partial charge >= 0.3 is 11.9 Å². The standard InChI is InChI=1S/C36H24N6O9S/c43-33-15-9-24(17-29(33)35(45)46)39-37-22-5-1-20(2-6-22)21-3-7-23(8-4-21)38-41-31-13-14-32(28-19-26(52(49,50)51)11-12-27(28)31)42-40-25-10-16-34(44)30(18-25)36(47)48/h1-19,37,42H,(H,45,46)(H,47,48)(H,49,50,51)/b39-24-,40-25-,41-38?. The van der Waals surface area contributed by atoms with Crippen LogP contribution in [0.1, 0.15) is 0 Å². The summed E-state index contributed by atoms with van der Waals surface area (Å²) >= 11 is 0. The van der Waals surface area contributed by atoms with Gasteiger partial charge in [-0.15, -0.1) is 5.11 Å². The van der Waals surface area contributed by atoms with Crippen molar-refractivity contribution in [3.05, 3.63) is 126 Å². The van der Waals surface area contributed by atoms with Crippen molar-refractivity contribution in [1.82, 2.24) is 0 Å². The third kappa shape index (κ3) is 7.83. The summed E-state index contributed by atoms with van der Waals surface area (Å²) in [5, 5.41) is 36.1. The van der Waals surface area contributed by atoms with E-state index in [1.807, 2.05) is 24.3 Å². The molecule has 0 spiro atoms. The SMILES string of the molecule is O=C(O)C1=C/C(=N\Nc2ccc(-c3ccc(N=Nc4ccc(N/N=C5/C=CC(=O)C(C(=O)O)=C5)c5cc(S(=O)(=O)O)ccc45)cc3)cc2)C=CC1=O. The molecular weight excluding hydrogens is 692 g/mol. The summed E-state index contributed by atoms with van der Waals surface area (Å²) in [6.45, 7) is 0. The molecule has 52 heavy (non-hydrogen) atoms. The van der Waals surface area contributed by atoms with E-state index in [1.54, 1.807) is 36.4 Å². The van der Waals surface area contributed by atoms with Crippen molar-refractivity contribution in [3.8, 4) is 11.1 Å². The zero-order valence-electron chi connectivity index (χ0n) is 26.5. The van der Waals surface area contributed by atoms with Crippen LogP contribution >= 0.6 is 0 Å². The summed E-state index contributed by atoms with van der Waals surface area (Å²) in [6.07, 6.45) is 7.25. The Morgan fingerprint density at radius 1 is 0.615 bits per heavy atom. The molecule has 0 bridgehead atoms. The molecule has 16 heteroatoms. The van der Waals surface area contributed by atoms with Crippen LogP contribution < -0.4 is 10.9 Å². The van der Waals surface area contributed by atoms with Crippen LogP contribution in [0.25, 0.3) is 21.9 Å². The fraction of sp³-hybridized carbons (Fsp3) is 0. The molecule has 0 radical (unpaired) electrons. The molecule has 0 fully saturated rings. The summed E-state index contributed by atoms with van der Waals surface area (Å²) in [5.41, 5.74) is 8.75. The summed E-state index contributed by atoms with van der Waals surface area (Å²) < 4.78 is 33.5. The first-order valence-corrected chi connectivity index (χ1v) is 16.5. The molecule has 0 aromatic heterocycles. The Balaban J connectivity index is 1.20. The van der Waals surface area contributed by atoms with Crippen LogP contribution in [-0.4, -0.2) is 58.1 Å². The summed E-state index contributed by atoms with van der Waals surface area (Å²) in [4.78, 5) is 45.7. The lowest BCUT2D eigenvalue weighted by atomic mass is 10.0. The van der Waals surface area contributed by atoms with Gasteiger partial charge in [0.15, 0.2) is 11.6 Å². The van der Waals surface area contributed by atoms with Gasteiger partial charge in [0, 0.05) is 10.8 Å². The monoisotopic (exact) mass is 716 g/mol. The zero-order chi connectivity index (χ0) is 37.0. The lowest BCUT2D eigenvalue weighted by Gasteiger charge is -2.11. The first-order valence-electron chi connectivity index (χ1n) is 15.0. The van der Waals surface area contributed by atoms with Gasteiger partial charge in [-0.2, -0.15) is 23.7 Å². The second-order valence-corrected chi connectivity index (χ2v) is 12.5. The number of benzene rings is 4. The van der Waals surface area contributed by atoms with E-state index >= 15 is 0 Å². The summed E-state index contributed by atoms with van der Waals surface area (Å²) in [6, 6.07) is 21.6. The number of carbonyl (C=O) groups excluding carboxylic acids is 2. The Kier molecular flexibility index (Phi) is 9.58. The van der Waals surface area contributed by atoms with Crippen LogP contribution in [0, 0.1) is 0 Å². The predicted octanol–water partition coefficient (Wildman–Crippen LogP) is 6.00. The lowest BCUT2D eigenvalue weighted by Crippen LogP contribution is -2.16. The quantitative estimate of drug-likeness (QED) is 0.0419. The highest BCUT2D eigenvalue weighted by Gasteiger charge is 2.20. The molecule has 0 atom stereocenters. The molecule has 4 aromatic carbocycles. The first-order chi connectivity index (χ1) is 24.9. The molecule has 5 N–H and O–H groups in total. The van der Waals surface area contributed by atoms with Gasteiger partial charge in [0.2, 0.25) is 0 Å². The van der Waals surface area contributed by atoms with E-state index in [1.165, 1.54) is 36.4 Å². The third-order valence-electron chi connectivity index (χ3n) is 7.63. The van der Waals surface area contributed by atoms with Crippen molar-refractivity contribution < 1.29 is 42.4 Å². The van der Waals surface area contributed by atoms with Crippen LogP contribution in [-0.2, 0) is 29.3 Å². The topological polar surface area (TPSA) is 237 Å². The number of azo groups is 1. The van der Waals surface area contributed by atoms with Gasteiger partial charge in [0.25, 0.3) is 10.1 Å². The van der Waals surface area contributed by atoms with Crippen molar-refractivity contribution in [3.63, 3.8) is 0 Å². The normalized spacial score (nSPS) is 16.0. The number of ketones is 2. The molecule has 0 aliphatic heterocycles. The molecule has 2 aliphatic carbocycles. The van der Waals surface area contributed by atoms with Crippen molar-refractivity contribution in [2.75, 3.05) is 10.9 Å². The van der Waals surface area contributed by atoms with Gasteiger partial charge in [0.1, 0.15) is 11.1 Å². The first kappa shape index (κ1) is 34.7. The van der Waals surface area contributed by atoms with Crippen LogP contribution in [0.3, 0.4) is 0 Å². The van der Waals surface area contributed by atoms with E-state index in [4.69, 9.17) is 5.11 Å². The molecule has 0 amide bonds. The number of rotatable bonds is 10. The molecule has 4 aromatic rings. The minimum atomic E-state index is -4.56. The van der Waals surface area contributed by atoms with Crippen molar-refractivity contribution in [1.29, 1.82) is 0 Å². The number of carboxylic acids is 2. The molecule has 0 unspecified atom stereocenters. The number of nitrogens with zero attached hydrogens (tertiary/aromatic N) is 4. The number of carbonyl (C=O) groups is 4. The zero-order valence-corrected chi connectivity index (χ0v) is 27.3. The van der Waals surface area contributed by atoms with Crippen molar-refractivity contribution in [2.24, 2.45) is 20.4 Å². The van der Waals surface area contributed by atoms with E-state index < -0.39 is 39.2 Å². The largest absolute Gasteiger partial charge is 0.478 e. The highest BCUT2D eigenvalue weighted by atomic mass is 32.2. The van der Waals surface area contributed by atoms with Crippen molar-refractivity contribution in [2.45, 2.75) is 4.90 Å². The van der Waals surface area contributed by atoms with Crippen LogP contribution in [0.5, 0.6) is 0 Å². The van der Waals surface area contributed by atoms with Gasteiger partial charge in [-0.3, -0.25) is 25.0 Å². The number of nitrogens with one attached hydrogen (secondary N) is 2. The number of allylic oxidation sites excluding steroid dienone is 6. The number of aliphatic carboxylic acids is 2. The van der Waals surface area contributed by atoms with E-state index in [0.29, 0.717) is 33.5 Å². The fourth-order valence-corrected chi connectivity index (χ4v) is 5.50. The van der Waals surface area contributed by atoms with E-state index in [9.17, 15) is 37.3 Å². The van der Waals surface area contributed by atoms with Gasteiger partial charge < -0.3 is 10.2 Å². The molecule has 0 saturated carbocycles. The smallest absolute Gasteiger partial charge is 0.339 e. The highest BCUT2D eigenvalue weighted by Crippen LogP contribution is 2.35. The van der Waals surface area contributed by atoms with Gasteiger partial charge in [-0.25, -0.2) is 9.59 Å². The predicted molar refractivity (Wildman–Crippen MR) is 192 cm³/mol. The van der Waals surface area contributed by atoms with E-state index in [2.05, 4.69) is 31.3 Å². The number of hydrogen-bond acceptors (Lipinski definition) is 12. The number of hydrogen-bond donors (Lipinski definition) is 5. The van der Waals surface area contributed by atoms with Crippen LogP contribution in [0.2, 0.25) is 0 Å². The highest BCUT2D eigenvalue weighted by molar-refractivity contribution is 7.85. The average Bonchev–Trinajstić information content (AvgIpc) is 3.13. The minimum Gasteiger partial charge on any atom is -0.478 e. The summed E-state index contributed by atoms with van der Waals surface area (Å²) in [7, 11) is -4.56. The molecule has 15 nitrogen and oxygen atoms in total. The van der Waals surface area contributed by atoms with E-state index in [0.717, 1.165) is 29.4 Å². The lowest BCUT2D eigenvalue weighted by molar-refractivity contribution is -0.135. The molecule has 0 saturated heterocycles. The third-order valence-corrected chi connectivity index (χ3v) is 8.48. The molecular formula is C36H24N6O9S. The number of hydrazone groups is 2. The number of carboxylic acid groups (broad SMARTS) is 2. The maximum absolute atomic E-state index is 11.9. The molecule has 0 heterocycles. The number of fused-ring (bicyclic) bond motifs is 1. The minimum absolute atomic E-state index is 0.132. The van der Waals surface area contributed by atoms with Crippen molar-refractivity contribution >= 4 is 78.6 Å². The molecule has 258 valence electrons. The maximum atomic E-state index is 11.9. The molecule has 2 aliphatic rings. The molecule has 6 rings (SSSR count). The second kappa shape index (κ2) is 14.4. The second-order valence-electron chi connectivity index (χ2n) is 11.1. The average molecular weight is 717 g/mol. The maximum Gasteiger partial charge on any atom is 0.339 e. The van der Waals surface area contributed by atoms with Crippen LogP contribution in [0.4, 0.5) is 22.7 Å². The Bertz CT molecular complexity index is 2510. The van der Waals surface area contributed by atoms with Gasteiger partial charge in [-0.05, 0) is 96.1 Å². The number of anilines is 2. The van der Waals surface area contributed by atoms with E-state index in [-0.39, 0.29) is 21.9 Å². The Morgan fingerprint density at radius 2 is 1.17 bits per heavy atom.